The summed E-state index contributed by atoms with van der Waals surface area (Å²) in [6.07, 6.45) is -0.932. The number of aromatic nitrogens is 1. The Bertz CT molecular complexity index is 1010. The molecule has 1 atom stereocenters. The number of hydrogen-bond acceptors (Lipinski definition) is 6. The molecule has 7 heteroatoms. The zero-order valence-corrected chi connectivity index (χ0v) is 15.7. The fourth-order valence-corrected chi connectivity index (χ4v) is 3.44. The van der Waals surface area contributed by atoms with Crippen LogP contribution >= 0.6 is 11.3 Å². The van der Waals surface area contributed by atoms with Gasteiger partial charge in [-0.1, -0.05) is 24.3 Å². The van der Waals surface area contributed by atoms with Crippen LogP contribution < -0.4 is 5.32 Å². The summed E-state index contributed by atoms with van der Waals surface area (Å²) in [4.78, 5) is 41.4. The number of esters is 1. The number of para-hydroxylation sites is 1. The van der Waals surface area contributed by atoms with Crippen LogP contribution in [0, 0.1) is 0 Å². The molecule has 0 aliphatic rings. The van der Waals surface area contributed by atoms with Crippen LogP contribution in [0.3, 0.4) is 0 Å². The molecule has 0 spiro atoms. The lowest BCUT2D eigenvalue weighted by Gasteiger charge is -2.11. The van der Waals surface area contributed by atoms with Crippen molar-refractivity contribution in [3.05, 3.63) is 64.0 Å². The van der Waals surface area contributed by atoms with Crippen molar-refractivity contribution in [1.82, 2.24) is 10.3 Å². The molecule has 0 saturated carbocycles. The number of ketones is 1. The van der Waals surface area contributed by atoms with Crippen molar-refractivity contribution in [3.63, 3.8) is 0 Å². The first kappa shape index (κ1) is 18.7. The molecule has 0 bridgehead atoms. The minimum atomic E-state index is -0.932. The number of pyridine rings is 1. The van der Waals surface area contributed by atoms with Crippen LogP contribution in [0.5, 0.6) is 0 Å². The molecular formula is C20H18N2O4S. The van der Waals surface area contributed by atoms with E-state index in [1.54, 1.807) is 24.3 Å². The number of benzene rings is 1. The molecule has 27 heavy (non-hydrogen) atoms. The Morgan fingerprint density at radius 2 is 1.89 bits per heavy atom. The van der Waals surface area contributed by atoms with Gasteiger partial charge in [0.25, 0.3) is 0 Å². The lowest BCUT2D eigenvalue weighted by molar-refractivity contribution is -0.119. The van der Waals surface area contributed by atoms with Gasteiger partial charge in [-0.3, -0.25) is 9.59 Å². The number of amides is 1. The average Bonchev–Trinajstić information content (AvgIpc) is 3.14. The van der Waals surface area contributed by atoms with Gasteiger partial charge >= 0.3 is 5.97 Å². The maximum Gasteiger partial charge on any atom is 0.357 e. The molecular weight excluding hydrogens is 364 g/mol. The van der Waals surface area contributed by atoms with Crippen molar-refractivity contribution in [2.45, 2.75) is 26.5 Å². The number of fused-ring (bicyclic) bond motifs is 1. The summed E-state index contributed by atoms with van der Waals surface area (Å²) in [5.41, 5.74) is 0.845. The quantitative estimate of drug-likeness (QED) is 0.522. The van der Waals surface area contributed by atoms with Gasteiger partial charge in [-0.2, -0.15) is 0 Å². The zero-order valence-electron chi connectivity index (χ0n) is 14.9. The molecule has 2 aromatic heterocycles. The Labute approximate surface area is 160 Å². The van der Waals surface area contributed by atoms with Crippen LogP contribution in [0.25, 0.3) is 10.9 Å². The highest BCUT2D eigenvalue weighted by atomic mass is 32.1. The molecule has 0 fully saturated rings. The van der Waals surface area contributed by atoms with E-state index < -0.39 is 12.1 Å². The third-order valence-corrected chi connectivity index (χ3v) is 4.98. The van der Waals surface area contributed by atoms with Gasteiger partial charge in [0.2, 0.25) is 11.7 Å². The Kier molecular flexibility index (Phi) is 5.61. The second-order valence-electron chi connectivity index (χ2n) is 5.98. The average molecular weight is 382 g/mol. The van der Waals surface area contributed by atoms with Crippen molar-refractivity contribution in [3.8, 4) is 0 Å². The lowest BCUT2D eigenvalue weighted by atomic mass is 10.2. The molecule has 2 heterocycles. The SMILES string of the molecule is CC(=O)NCc1ccc(C(=O)C(C)OC(=O)c2ccc3ccccc3n2)s1. The number of carbonyl (C=O) groups excluding carboxylic acids is 3. The largest absolute Gasteiger partial charge is 0.450 e. The monoisotopic (exact) mass is 382 g/mol. The molecule has 1 N–H and O–H groups in total. The van der Waals surface area contributed by atoms with Gasteiger partial charge < -0.3 is 10.1 Å². The van der Waals surface area contributed by atoms with Gasteiger partial charge in [-0.25, -0.2) is 9.78 Å². The van der Waals surface area contributed by atoms with Gasteiger partial charge in [0.1, 0.15) is 5.69 Å². The number of ether oxygens (including phenoxy) is 1. The molecule has 1 unspecified atom stereocenters. The first-order valence-corrected chi connectivity index (χ1v) is 9.20. The zero-order chi connectivity index (χ0) is 19.4. The molecule has 1 amide bonds. The summed E-state index contributed by atoms with van der Waals surface area (Å²) in [5, 5.41) is 3.60. The first-order chi connectivity index (χ1) is 12.9. The smallest absolute Gasteiger partial charge is 0.357 e. The van der Waals surface area contributed by atoms with Gasteiger partial charge in [-0.05, 0) is 31.2 Å². The highest BCUT2D eigenvalue weighted by Crippen LogP contribution is 2.20. The summed E-state index contributed by atoms with van der Waals surface area (Å²) in [6.45, 7) is 3.33. The highest BCUT2D eigenvalue weighted by molar-refractivity contribution is 7.14. The maximum atomic E-state index is 12.5. The maximum absolute atomic E-state index is 12.5. The highest BCUT2D eigenvalue weighted by Gasteiger charge is 2.22. The van der Waals surface area contributed by atoms with Crippen molar-refractivity contribution in [2.75, 3.05) is 0 Å². The predicted molar refractivity (Wildman–Crippen MR) is 103 cm³/mol. The van der Waals surface area contributed by atoms with E-state index >= 15 is 0 Å². The van der Waals surface area contributed by atoms with E-state index in [1.807, 2.05) is 24.3 Å². The molecule has 1 aromatic carbocycles. The minimum absolute atomic E-state index is 0.138. The van der Waals surface area contributed by atoms with Gasteiger partial charge in [-0.15, -0.1) is 11.3 Å². The molecule has 0 saturated heterocycles. The number of hydrogen-bond donors (Lipinski definition) is 1. The van der Waals surface area contributed by atoms with E-state index in [-0.39, 0.29) is 17.4 Å². The molecule has 0 radical (unpaired) electrons. The summed E-state index contributed by atoms with van der Waals surface area (Å²) >= 11 is 1.26. The molecule has 3 rings (SSSR count). The summed E-state index contributed by atoms with van der Waals surface area (Å²) in [5.74, 6) is -1.07. The number of nitrogens with one attached hydrogen (secondary N) is 1. The van der Waals surface area contributed by atoms with E-state index in [0.717, 1.165) is 10.3 Å². The second kappa shape index (κ2) is 8.09. The van der Waals surface area contributed by atoms with Crippen LogP contribution in [0.15, 0.2) is 48.5 Å². The van der Waals surface area contributed by atoms with Gasteiger partial charge in [0.15, 0.2) is 6.10 Å². The number of Topliss-reactive ketones (excluding diaryl/α,β-unsaturated/α-hetero) is 1. The normalized spacial score (nSPS) is 11.8. The molecule has 3 aromatic rings. The number of rotatable bonds is 6. The first-order valence-electron chi connectivity index (χ1n) is 8.38. The third kappa shape index (κ3) is 4.57. The standard InChI is InChI=1S/C20H18N2O4S/c1-12(19(24)18-10-8-15(27-18)11-21-13(2)23)26-20(25)17-9-7-14-5-3-4-6-16(14)22-17/h3-10,12H,11H2,1-2H3,(H,21,23). The van der Waals surface area contributed by atoms with E-state index in [9.17, 15) is 14.4 Å². The van der Waals surface area contributed by atoms with E-state index in [2.05, 4.69) is 10.3 Å². The van der Waals surface area contributed by atoms with Crippen molar-refractivity contribution >= 4 is 39.9 Å². The van der Waals surface area contributed by atoms with Crippen LogP contribution in [-0.2, 0) is 16.1 Å². The van der Waals surface area contributed by atoms with Crippen molar-refractivity contribution in [2.24, 2.45) is 0 Å². The van der Waals surface area contributed by atoms with E-state index in [4.69, 9.17) is 4.74 Å². The molecule has 0 aliphatic carbocycles. The van der Waals surface area contributed by atoms with Crippen LogP contribution in [0.1, 0.15) is 38.9 Å². The topological polar surface area (TPSA) is 85.4 Å². The molecule has 138 valence electrons. The second-order valence-corrected chi connectivity index (χ2v) is 7.15. The van der Waals surface area contributed by atoms with Crippen LogP contribution in [0.4, 0.5) is 0 Å². The third-order valence-electron chi connectivity index (χ3n) is 3.88. The summed E-state index contributed by atoms with van der Waals surface area (Å²) in [6, 6.07) is 14.3. The minimum Gasteiger partial charge on any atom is -0.450 e. The van der Waals surface area contributed by atoms with Crippen molar-refractivity contribution in [1.29, 1.82) is 0 Å². The van der Waals surface area contributed by atoms with Crippen molar-refractivity contribution < 1.29 is 19.1 Å². The fourth-order valence-electron chi connectivity index (χ4n) is 2.47. The number of thiophene rings is 1. The molecule has 6 nitrogen and oxygen atoms in total. The van der Waals surface area contributed by atoms with Crippen LogP contribution in [-0.4, -0.2) is 28.7 Å². The Morgan fingerprint density at radius 3 is 2.67 bits per heavy atom. The Hall–Kier alpha value is -3.06. The lowest BCUT2D eigenvalue weighted by Crippen LogP contribution is -2.24. The summed E-state index contributed by atoms with van der Waals surface area (Å²) < 4.78 is 5.29. The summed E-state index contributed by atoms with van der Waals surface area (Å²) in [7, 11) is 0. The molecule has 0 aliphatic heterocycles. The van der Waals surface area contributed by atoms with Gasteiger partial charge in [0.05, 0.1) is 16.9 Å². The number of carbonyl (C=O) groups is 3. The number of nitrogens with zero attached hydrogens (tertiary/aromatic N) is 1. The predicted octanol–water partition coefficient (Wildman–Crippen LogP) is 3.36. The van der Waals surface area contributed by atoms with E-state index in [0.29, 0.717) is 16.9 Å². The van der Waals surface area contributed by atoms with Crippen LogP contribution in [0.2, 0.25) is 0 Å². The van der Waals surface area contributed by atoms with Gasteiger partial charge in [0, 0.05) is 17.2 Å². The Balaban J connectivity index is 1.66. The Morgan fingerprint density at radius 1 is 1.11 bits per heavy atom. The van der Waals surface area contributed by atoms with E-state index in [1.165, 1.54) is 25.2 Å². The fraction of sp³-hybridized carbons (Fsp3) is 0.200.